The largest absolute Gasteiger partial charge is 0.477 e. The van der Waals surface area contributed by atoms with Crippen LogP contribution in [0.15, 0.2) is 12.1 Å². The first kappa shape index (κ1) is 13.0. The van der Waals surface area contributed by atoms with Gasteiger partial charge in [-0.15, -0.1) is 11.3 Å². The molecular weight excluding hydrogens is 252 g/mol. The highest BCUT2D eigenvalue weighted by Crippen LogP contribution is 2.19. The van der Waals surface area contributed by atoms with Crippen LogP contribution in [0.1, 0.15) is 34.3 Å². The highest BCUT2D eigenvalue weighted by atomic mass is 32.1. The second kappa shape index (κ2) is 5.49. The Bertz CT molecular complexity index is 454. The molecule has 1 saturated carbocycles. The van der Waals surface area contributed by atoms with Gasteiger partial charge >= 0.3 is 5.97 Å². The minimum absolute atomic E-state index is 0.00696. The molecule has 1 aliphatic carbocycles. The van der Waals surface area contributed by atoms with Crippen LogP contribution in [0.25, 0.3) is 0 Å². The Hall–Kier alpha value is -1.40. The van der Waals surface area contributed by atoms with Gasteiger partial charge in [-0.2, -0.15) is 0 Å². The Balaban J connectivity index is 1.78. The molecule has 1 amide bonds. The van der Waals surface area contributed by atoms with Crippen LogP contribution in [-0.4, -0.2) is 29.1 Å². The molecule has 1 fully saturated rings. The molecule has 0 bridgehead atoms. The van der Waals surface area contributed by atoms with E-state index in [0.717, 1.165) is 17.7 Å². The summed E-state index contributed by atoms with van der Waals surface area (Å²) in [7, 11) is 0. The van der Waals surface area contributed by atoms with E-state index in [1.165, 1.54) is 11.3 Å². The predicted octanol–water partition coefficient (Wildman–Crippen LogP) is 1.20. The lowest BCUT2D eigenvalue weighted by Gasteiger charge is -2.12. The van der Waals surface area contributed by atoms with Gasteiger partial charge in [-0.1, -0.05) is 0 Å². The number of thiophene rings is 1. The molecule has 18 heavy (non-hydrogen) atoms. The summed E-state index contributed by atoms with van der Waals surface area (Å²) < 4.78 is 0. The average Bonchev–Trinajstić information content (AvgIpc) is 3.00. The van der Waals surface area contributed by atoms with E-state index in [2.05, 4.69) is 10.6 Å². The minimum atomic E-state index is -0.911. The third kappa shape index (κ3) is 3.54. The maximum Gasteiger partial charge on any atom is 0.345 e. The molecule has 2 rings (SSSR count). The van der Waals surface area contributed by atoms with Crippen molar-refractivity contribution in [2.75, 3.05) is 0 Å². The molecule has 0 aromatic carbocycles. The molecule has 1 aromatic rings. The monoisotopic (exact) mass is 268 g/mol. The van der Waals surface area contributed by atoms with E-state index < -0.39 is 5.97 Å². The van der Waals surface area contributed by atoms with Crippen LogP contribution in [0.4, 0.5) is 0 Å². The Morgan fingerprint density at radius 3 is 2.78 bits per heavy atom. The quantitative estimate of drug-likeness (QED) is 0.724. The van der Waals surface area contributed by atoms with Crippen LogP contribution in [0.3, 0.4) is 0 Å². The summed E-state index contributed by atoms with van der Waals surface area (Å²) in [5, 5.41) is 14.8. The summed E-state index contributed by atoms with van der Waals surface area (Å²) in [5.74, 6) is -0.904. The van der Waals surface area contributed by atoms with E-state index in [4.69, 9.17) is 5.11 Å². The van der Waals surface area contributed by atoms with Gasteiger partial charge in [-0.05, 0) is 31.9 Å². The second-order valence-electron chi connectivity index (χ2n) is 4.46. The summed E-state index contributed by atoms with van der Waals surface area (Å²) in [6.07, 6.45) is 2.15. The van der Waals surface area contributed by atoms with Gasteiger partial charge in [0.15, 0.2) is 0 Å². The Labute approximate surface area is 109 Å². The van der Waals surface area contributed by atoms with Crippen molar-refractivity contribution in [3.05, 3.63) is 21.9 Å². The van der Waals surface area contributed by atoms with Crippen molar-refractivity contribution in [3.63, 3.8) is 0 Å². The van der Waals surface area contributed by atoms with Crippen molar-refractivity contribution in [2.24, 2.45) is 0 Å². The summed E-state index contributed by atoms with van der Waals surface area (Å²) >= 11 is 1.23. The Kier molecular flexibility index (Phi) is 3.98. The maximum atomic E-state index is 11.7. The number of aromatic carboxylic acids is 1. The van der Waals surface area contributed by atoms with Gasteiger partial charge in [0.25, 0.3) is 0 Å². The van der Waals surface area contributed by atoms with E-state index in [-0.39, 0.29) is 11.9 Å². The molecule has 0 saturated heterocycles. The zero-order chi connectivity index (χ0) is 13.1. The first-order valence-electron chi connectivity index (χ1n) is 5.92. The van der Waals surface area contributed by atoms with Gasteiger partial charge in [0.1, 0.15) is 4.88 Å². The van der Waals surface area contributed by atoms with E-state index in [0.29, 0.717) is 17.5 Å². The summed E-state index contributed by atoms with van der Waals surface area (Å²) in [5.41, 5.74) is 0. The molecule has 5 nitrogen and oxygen atoms in total. The lowest BCUT2D eigenvalue weighted by molar-refractivity contribution is -0.122. The van der Waals surface area contributed by atoms with Crippen molar-refractivity contribution in [3.8, 4) is 0 Å². The SMILES string of the molecule is CC(NCc1ccc(C(=O)O)s1)C(=O)NC1CC1. The van der Waals surface area contributed by atoms with Crippen molar-refractivity contribution in [1.82, 2.24) is 10.6 Å². The molecule has 1 atom stereocenters. The predicted molar refractivity (Wildman–Crippen MR) is 68.7 cm³/mol. The van der Waals surface area contributed by atoms with Crippen molar-refractivity contribution in [2.45, 2.75) is 38.4 Å². The fourth-order valence-electron chi connectivity index (χ4n) is 1.49. The van der Waals surface area contributed by atoms with Crippen molar-refractivity contribution < 1.29 is 14.7 Å². The number of carboxylic acid groups (broad SMARTS) is 1. The third-order valence-corrected chi connectivity index (χ3v) is 3.85. The summed E-state index contributed by atoms with van der Waals surface area (Å²) in [6, 6.07) is 3.45. The second-order valence-corrected chi connectivity index (χ2v) is 5.62. The molecule has 1 unspecified atom stereocenters. The van der Waals surface area contributed by atoms with Crippen molar-refractivity contribution >= 4 is 23.2 Å². The van der Waals surface area contributed by atoms with Crippen LogP contribution in [0.5, 0.6) is 0 Å². The zero-order valence-electron chi connectivity index (χ0n) is 10.1. The molecule has 1 heterocycles. The molecule has 0 radical (unpaired) electrons. The van der Waals surface area contributed by atoms with E-state index in [9.17, 15) is 9.59 Å². The van der Waals surface area contributed by atoms with E-state index >= 15 is 0 Å². The minimum Gasteiger partial charge on any atom is -0.477 e. The number of hydrogen-bond acceptors (Lipinski definition) is 4. The Morgan fingerprint density at radius 2 is 2.22 bits per heavy atom. The number of carbonyl (C=O) groups excluding carboxylic acids is 1. The van der Waals surface area contributed by atoms with Gasteiger partial charge in [0, 0.05) is 17.5 Å². The zero-order valence-corrected chi connectivity index (χ0v) is 10.9. The Morgan fingerprint density at radius 1 is 1.50 bits per heavy atom. The van der Waals surface area contributed by atoms with Crippen LogP contribution in [-0.2, 0) is 11.3 Å². The van der Waals surface area contributed by atoms with Crippen molar-refractivity contribution in [1.29, 1.82) is 0 Å². The topological polar surface area (TPSA) is 78.4 Å². The average molecular weight is 268 g/mol. The normalized spacial score (nSPS) is 16.3. The van der Waals surface area contributed by atoms with Gasteiger partial charge in [0.05, 0.1) is 6.04 Å². The number of carboxylic acids is 1. The molecule has 6 heteroatoms. The molecule has 1 aliphatic rings. The molecule has 0 spiro atoms. The number of nitrogens with one attached hydrogen (secondary N) is 2. The highest BCUT2D eigenvalue weighted by Gasteiger charge is 2.25. The molecular formula is C12H16N2O3S. The molecule has 98 valence electrons. The highest BCUT2D eigenvalue weighted by molar-refractivity contribution is 7.13. The lowest BCUT2D eigenvalue weighted by Crippen LogP contribution is -2.42. The smallest absolute Gasteiger partial charge is 0.345 e. The number of carbonyl (C=O) groups is 2. The summed E-state index contributed by atoms with van der Waals surface area (Å²) in [6.45, 7) is 2.32. The summed E-state index contributed by atoms with van der Waals surface area (Å²) in [4.78, 5) is 23.6. The van der Waals surface area contributed by atoms with E-state index in [1.54, 1.807) is 12.1 Å². The molecule has 3 N–H and O–H groups in total. The fourth-order valence-corrected chi connectivity index (χ4v) is 2.29. The standard InChI is InChI=1S/C12H16N2O3S/c1-7(11(15)14-8-2-3-8)13-6-9-4-5-10(18-9)12(16)17/h4-5,7-8,13H,2-3,6H2,1H3,(H,14,15)(H,16,17). The first-order valence-corrected chi connectivity index (χ1v) is 6.73. The molecule has 0 aliphatic heterocycles. The van der Waals surface area contributed by atoms with Gasteiger partial charge in [0.2, 0.25) is 5.91 Å². The number of hydrogen-bond donors (Lipinski definition) is 3. The molecule has 1 aromatic heterocycles. The maximum absolute atomic E-state index is 11.7. The van der Waals surface area contributed by atoms with Gasteiger partial charge < -0.3 is 15.7 Å². The first-order chi connectivity index (χ1) is 8.56. The van der Waals surface area contributed by atoms with Crippen LogP contribution in [0.2, 0.25) is 0 Å². The fraction of sp³-hybridized carbons (Fsp3) is 0.500. The van der Waals surface area contributed by atoms with E-state index in [1.807, 2.05) is 6.92 Å². The number of rotatable bonds is 6. The van der Waals surface area contributed by atoms with Crippen LogP contribution >= 0.6 is 11.3 Å². The van der Waals surface area contributed by atoms with Crippen LogP contribution < -0.4 is 10.6 Å². The van der Waals surface area contributed by atoms with Gasteiger partial charge in [-0.25, -0.2) is 4.79 Å². The van der Waals surface area contributed by atoms with Crippen LogP contribution in [0, 0.1) is 0 Å². The number of amides is 1. The third-order valence-electron chi connectivity index (χ3n) is 2.77. The lowest BCUT2D eigenvalue weighted by atomic mass is 10.3. The van der Waals surface area contributed by atoms with Gasteiger partial charge in [-0.3, -0.25) is 4.79 Å².